The molecule has 0 bridgehead atoms. The molecule has 7 heteroatoms. The van der Waals surface area contributed by atoms with Crippen LogP contribution in [-0.2, 0) is 0 Å². The van der Waals surface area contributed by atoms with Crippen LogP contribution in [0.3, 0.4) is 0 Å². The number of halogens is 1. The first kappa shape index (κ1) is 13.8. The Labute approximate surface area is 122 Å². The average Bonchev–Trinajstić information content (AvgIpc) is 2.81. The van der Waals surface area contributed by atoms with Gasteiger partial charge in [0, 0.05) is 19.6 Å². The number of aromatic amines is 1. The summed E-state index contributed by atoms with van der Waals surface area (Å²) in [6.45, 7) is 3.62. The van der Waals surface area contributed by atoms with E-state index in [1.54, 1.807) is 12.1 Å². The van der Waals surface area contributed by atoms with Gasteiger partial charge in [0.1, 0.15) is 11.6 Å². The summed E-state index contributed by atoms with van der Waals surface area (Å²) in [5, 5.41) is 10.4. The zero-order valence-corrected chi connectivity index (χ0v) is 11.9. The summed E-state index contributed by atoms with van der Waals surface area (Å²) in [6, 6.07) is 4.70. The molecule has 0 spiro atoms. The molecule has 112 valence electrons. The number of hydrogen-bond donors (Lipinski definition) is 2. The highest BCUT2D eigenvalue weighted by Crippen LogP contribution is 2.30. The van der Waals surface area contributed by atoms with E-state index in [1.807, 2.05) is 0 Å². The van der Waals surface area contributed by atoms with E-state index in [4.69, 9.17) is 4.74 Å². The van der Waals surface area contributed by atoms with E-state index in [1.165, 1.54) is 13.2 Å². The van der Waals surface area contributed by atoms with Crippen LogP contribution in [0.2, 0.25) is 0 Å². The second kappa shape index (κ2) is 6.09. The van der Waals surface area contributed by atoms with Gasteiger partial charge in [0.15, 0.2) is 5.82 Å². The van der Waals surface area contributed by atoms with E-state index >= 15 is 0 Å². The van der Waals surface area contributed by atoms with Gasteiger partial charge >= 0.3 is 0 Å². The van der Waals surface area contributed by atoms with Crippen molar-refractivity contribution in [3.05, 3.63) is 24.0 Å². The molecule has 2 aromatic rings. The van der Waals surface area contributed by atoms with Gasteiger partial charge in [0.2, 0.25) is 5.95 Å². The summed E-state index contributed by atoms with van der Waals surface area (Å²) in [7, 11) is 1.51. The van der Waals surface area contributed by atoms with Gasteiger partial charge in [0.05, 0.1) is 12.7 Å². The third kappa shape index (κ3) is 2.82. The molecule has 1 fully saturated rings. The maximum atomic E-state index is 14.0. The van der Waals surface area contributed by atoms with E-state index in [9.17, 15) is 4.39 Å². The lowest BCUT2D eigenvalue weighted by molar-refractivity contribution is 0.413. The summed E-state index contributed by atoms with van der Waals surface area (Å²) >= 11 is 0. The lowest BCUT2D eigenvalue weighted by Gasteiger charge is -2.16. The molecular formula is C14H18FN5O. The third-order valence-corrected chi connectivity index (χ3v) is 3.53. The van der Waals surface area contributed by atoms with Crippen LogP contribution in [0.5, 0.6) is 5.75 Å². The zero-order valence-electron chi connectivity index (χ0n) is 11.9. The van der Waals surface area contributed by atoms with Crippen molar-refractivity contribution >= 4 is 5.95 Å². The Morgan fingerprint density at radius 3 is 3.05 bits per heavy atom. The maximum Gasteiger partial charge on any atom is 0.245 e. The molecule has 1 aliphatic rings. The van der Waals surface area contributed by atoms with Crippen molar-refractivity contribution in [2.75, 3.05) is 38.2 Å². The normalized spacial score (nSPS) is 15.8. The minimum absolute atomic E-state index is 0.312. The second-order valence-electron chi connectivity index (χ2n) is 4.89. The fraction of sp³-hybridized carbons (Fsp3) is 0.429. The monoisotopic (exact) mass is 291 g/mol. The van der Waals surface area contributed by atoms with Crippen molar-refractivity contribution < 1.29 is 9.13 Å². The fourth-order valence-electron chi connectivity index (χ4n) is 2.46. The van der Waals surface area contributed by atoms with Gasteiger partial charge in [-0.1, -0.05) is 6.07 Å². The van der Waals surface area contributed by atoms with Gasteiger partial charge in [-0.3, -0.25) is 5.10 Å². The maximum absolute atomic E-state index is 14.0. The molecule has 0 atom stereocenters. The topological polar surface area (TPSA) is 66.1 Å². The number of hydrogen-bond acceptors (Lipinski definition) is 5. The number of aromatic nitrogens is 3. The summed E-state index contributed by atoms with van der Waals surface area (Å²) in [4.78, 5) is 6.52. The standard InChI is InChI=1S/C14H18FN5O/c1-21-11-5-2-4-10(15)12(11)13-17-14(19-18-13)20-8-3-6-16-7-9-20/h2,4-5,16H,3,6-9H2,1H3,(H,17,18,19). The van der Waals surface area contributed by atoms with Crippen molar-refractivity contribution in [3.63, 3.8) is 0 Å². The van der Waals surface area contributed by atoms with E-state index in [-0.39, 0.29) is 5.82 Å². The van der Waals surface area contributed by atoms with Crippen LogP contribution in [0.1, 0.15) is 6.42 Å². The van der Waals surface area contributed by atoms with Gasteiger partial charge in [-0.05, 0) is 25.1 Å². The number of rotatable bonds is 3. The molecule has 0 unspecified atom stereocenters. The first-order chi connectivity index (χ1) is 10.3. The molecule has 0 aliphatic carbocycles. The van der Waals surface area contributed by atoms with Gasteiger partial charge in [-0.15, -0.1) is 5.10 Å². The van der Waals surface area contributed by atoms with Crippen LogP contribution in [0, 0.1) is 5.82 Å². The van der Waals surface area contributed by atoms with Crippen molar-refractivity contribution in [1.82, 2.24) is 20.5 Å². The first-order valence-electron chi connectivity index (χ1n) is 7.00. The van der Waals surface area contributed by atoms with Crippen molar-refractivity contribution in [2.24, 2.45) is 0 Å². The second-order valence-corrected chi connectivity index (χ2v) is 4.89. The number of anilines is 1. The number of nitrogens with zero attached hydrogens (tertiary/aromatic N) is 3. The Morgan fingerprint density at radius 2 is 2.19 bits per heavy atom. The fourth-order valence-corrected chi connectivity index (χ4v) is 2.46. The van der Waals surface area contributed by atoms with Gasteiger partial charge < -0.3 is 15.0 Å². The van der Waals surface area contributed by atoms with Crippen LogP contribution >= 0.6 is 0 Å². The van der Waals surface area contributed by atoms with E-state index < -0.39 is 0 Å². The number of H-pyrrole nitrogens is 1. The molecule has 1 aliphatic heterocycles. The molecule has 1 saturated heterocycles. The van der Waals surface area contributed by atoms with Crippen molar-refractivity contribution in [3.8, 4) is 17.1 Å². The summed E-state index contributed by atoms with van der Waals surface area (Å²) in [5.74, 6) is 1.04. The Morgan fingerprint density at radius 1 is 1.29 bits per heavy atom. The highest BCUT2D eigenvalue weighted by Gasteiger charge is 2.19. The minimum atomic E-state index is -0.380. The predicted octanol–water partition coefficient (Wildman–Crippen LogP) is 1.42. The molecule has 0 amide bonds. The van der Waals surface area contributed by atoms with E-state index in [0.717, 1.165) is 32.6 Å². The molecule has 0 radical (unpaired) electrons. The van der Waals surface area contributed by atoms with E-state index in [0.29, 0.717) is 23.1 Å². The molecule has 0 saturated carbocycles. The van der Waals surface area contributed by atoms with Gasteiger partial charge in [-0.25, -0.2) is 4.39 Å². The third-order valence-electron chi connectivity index (χ3n) is 3.53. The average molecular weight is 291 g/mol. The number of methoxy groups -OCH3 is 1. The Kier molecular flexibility index (Phi) is 4.01. The summed E-state index contributed by atoms with van der Waals surface area (Å²) < 4.78 is 19.3. The highest BCUT2D eigenvalue weighted by atomic mass is 19.1. The number of benzene rings is 1. The SMILES string of the molecule is COc1cccc(F)c1-c1nc(N2CCCNCC2)n[nH]1. The zero-order chi connectivity index (χ0) is 14.7. The summed E-state index contributed by atoms with van der Waals surface area (Å²) in [5.41, 5.74) is 0.312. The van der Waals surface area contributed by atoms with Crippen LogP contribution in [0.15, 0.2) is 18.2 Å². The first-order valence-corrected chi connectivity index (χ1v) is 7.00. The molecule has 3 rings (SSSR count). The molecular weight excluding hydrogens is 273 g/mol. The predicted molar refractivity (Wildman–Crippen MR) is 78.0 cm³/mol. The molecule has 6 nitrogen and oxygen atoms in total. The Bertz CT molecular complexity index is 607. The van der Waals surface area contributed by atoms with Crippen molar-refractivity contribution in [2.45, 2.75) is 6.42 Å². The van der Waals surface area contributed by atoms with Crippen LogP contribution in [0.25, 0.3) is 11.4 Å². The molecule has 21 heavy (non-hydrogen) atoms. The lowest BCUT2D eigenvalue weighted by atomic mass is 10.2. The Hall–Kier alpha value is -2.15. The molecule has 2 N–H and O–H groups in total. The van der Waals surface area contributed by atoms with E-state index in [2.05, 4.69) is 25.4 Å². The van der Waals surface area contributed by atoms with Crippen LogP contribution < -0.4 is 15.0 Å². The van der Waals surface area contributed by atoms with Crippen molar-refractivity contribution in [1.29, 1.82) is 0 Å². The lowest BCUT2D eigenvalue weighted by Crippen LogP contribution is -2.28. The number of nitrogens with one attached hydrogen (secondary N) is 2. The van der Waals surface area contributed by atoms with Crippen LogP contribution in [-0.4, -0.2) is 48.5 Å². The highest BCUT2D eigenvalue weighted by molar-refractivity contribution is 5.65. The van der Waals surface area contributed by atoms with Gasteiger partial charge in [0.25, 0.3) is 0 Å². The molecule has 1 aromatic heterocycles. The molecule has 2 heterocycles. The van der Waals surface area contributed by atoms with Gasteiger partial charge in [-0.2, -0.15) is 4.98 Å². The number of ether oxygens (including phenoxy) is 1. The largest absolute Gasteiger partial charge is 0.496 e. The minimum Gasteiger partial charge on any atom is -0.496 e. The molecule has 1 aromatic carbocycles. The Balaban J connectivity index is 1.91. The smallest absolute Gasteiger partial charge is 0.245 e. The quantitative estimate of drug-likeness (QED) is 0.895. The summed E-state index contributed by atoms with van der Waals surface area (Å²) in [6.07, 6.45) is 1.03. The van der Waals surface area contributed by atoms with Crippen LogP contribution in [0.4, 0.5) is 10.3 Å².